The molecule has 10 heteroatoms. The normalized spacial score (nSPS) is 35.2. The van der Waals surface area contributed by atoms with Gasteiger partial charge in [0, 0.05) is 36.2 Å². The number of aliphatic hydroxyl groups excluding tert-OH is 1. The molecule has 0 bridgehead atoms. The molecule has 0 radical (unpaired) electrons. The number of fused-ring (bicyclic) bond motifs is 5. The summed E-state index contributed by atoms with van der Waals surface area (Å²) in [6.45, 7) is 15.4. The molecule has 0 heterocycles. The van der Waals surface area contributed by atoms with Crippen molar-refractivity contribution in [1.82, 2.24) is 0 Å². The lowest BCUT2D eigenvalue weighted by atomic mass is 9.38. The van der Waals surface area contributed by atoms with E-state index in [2.05, 4.69) is 6.08 Å². The molecular weight excluding hydrogens is 664 g/mol. The predicted octanol–water partition coefficient (Wildman–Crippen LogP) is 5.77. The maximum atomic E-state index is 14.8. The Labute approximate surface area is 306 Å². The van der Waals surface area contributed by atoms with Crippen LogP contribution in [0.3, 0.4) is 0 Å². The number of benzene rings is 1. The zero-order chi connectivity index (χ0) is 38.8. The maximum absolute atomic E-state index is 14.8. The van der Waals surface area contributed by atoms with Gasteiger partial charge in [0.2, 0.25) is 0 Å². The number of Topliss-reactive ketones (excluding diaryl/α,β-unsaturated/α-hetero) is 2. The van der Waals surface area contributed by atoms with Gasteiger partial charge in [-0.25, -0.2) is 4.79 Å². The van der Waals surface area contributed by atoms with Gasteiger partial charge in [-0.05, 0) is 112 Å². The number of allylic oxidation sites excluding steroid dienone is 2. The molecule has 0 aromatic heterocycles. The first-order valence-electron chi connectivity index (χ1n) is 18.1. The van der Waals surface area contributed by atoms with Crippen LogP contribution in [0.4, 0.5) is 0 Å². The predicted molar refractivity (Wildman–Crippen MR) is 194 cm³/mol. The second-order valence-corrected chi connectivity index (χ2v) is 17.3. The summed E-state index contributed by atoms with van der Waals surface area (Å²) in [6, 6.07) is 7.14. The standard InChI is InChI=1S/C42H54O10/c1-24(43)52-37(2,3)20-19-32(45)42(9,49)35-29(44)22-39(6)31-17-16-27-28(41(31,8)33(46)23-40(35,39)7)21-30(36(48)38(27,4)5)51-34(47)18-13-25-11-14-26(50-10)15-12-25/h11-16,18-20,28-31,35,44,49H,17,21-23H2,1-10H3/b18-13+,20-19+/t28-,29-,30+,31+,35+,39+,40-,41+,42+/m1/s1. The van der Waals surface area contributed by atoms with Crippen molar-refractivity contribution in [3.8, 4) is 5.75 Å². The van der Waals surface area contributed by atoms with Crippen LogP contribution < -0.4 is 4.74 Å². The number of carbonyl (C=O) groups excluding carboxylic acids is 5. The summed E-state index contributed by atoms with van der Waals surface area (Å²) in [5, 5.41) is 23.7. The molecule has 282 valence electrons. The first-order chi connectivity index (χ1) is 24.0. The number of hydrogen-bond donors (Lipinski definition) is 2. The third-order valence-corrected chi connectivity index (χ3v) is 13.3. The molecule has 0 amide bonds. The van der Waals surface area contributed by atoms with E-state index in [1.165, 1.54) is 32.1 Å². The maximum Gasteiger partial charge on any atom is 0.331 e. The number of carbonyl (C=O) groups is 5. The van der Waals surface area contributed by atoms with Crippen LogP contribution in [0.15, 0.2) is 54.1 Å². The van der Waals surface area contributed by atoms with Crippen molar-refractivity contribution in [3.63, 3.8) is 0 Å². The zero-order valence-electron chi connectivity index (χ0n) is 32.1. The van der Waals surface area contributed by atoms with Gasteiger partial charge < -0.3 is 24.4 Å². The largest absolute Gasteiger partial charge is 0.497 e. The SMILES string of the molecule is COc1ccc(/C=C/C(=O)O[C@H]2C[C@@H]3C(=CC[C@@H]4[C@@]3(C)C(=O)C[C@]3(C)[C@@H]([C@@](C)(O)C(=O)/C=C/C(C)(C)OC(C)=O)[C@H](O)C[C@@]43C)C(C)(C)C2=O)cc1. The van der Waals surface area contributed by atoms with Gasteiger partial charge in [0.05, 0.1) is 13.2 Å². The fourth-order valence-electron chi connectivity index (χ4n) is 10.5. The van der Waals surface area contributed by atoms with Crippen molar-refractivity contribution in [2.24, 2.45) is 39.4 Å². The van der Waals surface area contributed by atoms with Crippen molar-refractivity contribution >= 4 is 35.4 Å². The summed E-state index contributed by atoms with van der Waals surface area (Å²) >= 11 is 0. The van der Waals surface area contributed by atoms with Gasteiger partial charge in [0.1, 0.15) is 22.7 Å². The minimum atomic E-state index is -2.05. The minimum Gasteiger partial charge on any atom is -0.497 e. The molecule has 5 rings (SSSR count). The third kappa shape index (κ3) is 6.29. The fourth-order valence-corrected chi connectivity index (χ4v) is 10.5. The molecule has 9 atom stereocenters. The average molecular weight is 719 g/mol. The van der Waals surface area contributed by atoms with E-state index in [1.807, 2.05) is 34.6 Å². The highest BCUT2D eigenvalue weighted by Gasteiger charge is 2.74. The van der Waals surface area contributed by atoms with Gasteiger partial charge in [0.25, 0.3) is 0 Å². The number of ether oxygens (including phenoxy) is 3. The van der Waals surface area contributed by atoms with Crippen molar-refractivity contribution in [1.29, 1.82) is 0 Å². The summed E-state index contributed by atoms with van der Waals surface area (Å²) in [5.74, 6) is -3.16. The van der Waals surface area contributed by atoms with Gasteiger partial charge in [0.15, 0.2) is 17.7 Å². The Kier molecular flexibility index (Phi) is 9.98. The van der Waals surface area contributed by atoms with E-state index < -0.39 is 74.6 Å². The molecule has 0 saturated heterocycles. The van der Waals surface area contributed by atoms with E-state index in [0.29, 0.717) is 12.2 Å². The summed E-state index contributed by atoms with van der Waals surface area (Å²) < 4.78 is 16.3. The molecule has 4 aliphatic rings. The van der Waals surface area contributed by atoms with E-state index in [9.17, 15) is 34.2 Å². The Morgan fingerprint density at radius 1 is 0.962 bits per heavy atom. The van der Waals surface area contributed by atoms with Crippen LogP contribution in [-0.4, -0.2) is 70.0 Å². The highest BCUT2D eigenvalue weighted by molar-refractivity contribution is 5.98. The highest BCUT2D eigenvalue weighted by atomic mass is 16.6. The number of methoxy groups -OCH3 is 1. The van der Waals surface area contributed by atoms with E-state index in [0.717, 1.165) is 11.1 Å². The minimum absolute atomic E-state index is 0.00246. The monoisotopic (exact) mass is 718 g/mol. The second-order valence-electron chi connectivity index (χ2n) is 17.3. The first kappa shape index (κ1) is 39.3. The van der Waals surface area contributed by atoms with Crippen LogP contribution >= 0.6 is 0 Å². The van der Waals surface area contributed by atoms with Crippen LogP contribution in [-0.2, 0) is 33.4 Å². The molecule has 4 aliphatic carbocycles. The Hall–Kier alpha value is -3.89. The summed E-state index contributed by atoms with van der Waals surface area (Å²) in [5.41, 5.74) is -5.19. The van der Waals surface area contributed by atoms with Crippen LogP contribution in [0.25, 0.3) is 6.08 Å². The van der Waals surface area contributed by atoms with Crippen molar-refractivity contribution in [2.75, 3.05) is 7.11 Å². The Morgan fingerprint density at radius 2 is 1.60 bits per heavy atom. The average Bonchev–Trinajstić information content (AvgIpc) is 3.25. The Bertz CT molecular complexity index is 1750. The zero-order valence-corrected chi connectivity index (χ0v) is 32.1. The lowest BCUT2D eigenvalue weighted by Gasteiger charge is -2.64. The lowest BCUT2D eigenvalue weighted by molar-refractivity contribution is -0.185. The van der Waals surface area contributed by atoms with Crippen molar-refractivity contribution < 1.29 is 48.4 Å². The molecule has 1 aromatic rings. The smallest absolute Gasteiger partial charge is 0.331 e. The van der Waals surface area contributed by atoms with Crippen LogP contribution in [0.5, 0.6) is 5.75 Å². The Morgan fingerprint density at radius 3 is 2.19 bits per heavy atom. The summed E-state index contributed by atoms with van der Waals surface area (Å²) in [4.78, 5) is 67.0. The van der Waals surface area contributed by atoms with E-state index in [1.54, 1.807) is 51.3 Å². The van der Waals surface area contributed by atoms with Crippen LogP contribution in [0.1, 0.15) is 93.6 Å². The lowest BCUT2D eigenvalue weighted by Crippen LogP contribution is -2.65. The third-order valence-electron chi connectivity index (χ3n) is 13.3. The topological polar surface area (TPSA) is 154 Å². The second kappa shape index (κ2) is 13.2. The molecule has 1 aromatic carbocycles. The number of hydrogen-bond acceptors (Lipinski definition) is 10. The molecule has 3 fully saturated rings. The van der Waals surface area contributed by atoms with Gasteiger partial charge in [-0.1, -0.05) is 44.6 Å². The van der Waals surface area contributed by atoms with Crippen LogP contribution in [0, 0.1) is 39.4 Å². The number of ketones is 3. The molecule has 0 unspecified atom stereocenters. The fraction of sp³-hybridized carbons (Fsp3) is 0.595. The molecule has 52 heavy (non-hydrogen) atoms. The number of esters is 2. The number of aliphatic hydroxyl groups is 2. The molecular formula is C42H54O10. The Balaban J connectivity index is 1.44. The first-order valence-corrected chi connectivity index (χ1v) is 18.1. The van der Waals surface area contributed by atoms with Crippen molar-refractivity contribution in [3.05, 3.63) is 59.7 Å². The quantitative estimate of drug-likeness (QED) is 0.183. The van der Waals surface area contributed by atoms with Crippen LogP contribution in [0.2, 0.25) is 0 Å². The molecule has 0 spiro atoms. The summed E-state index contributed by atoms with van der Waals surface area (Å²) in [7, 11) is 1.57. The molecule has 10 nitrogen and oxygen atoms in total. The van der Waals surface area contributed by atoms with E-state index >= 15 is 0 Å². The number of rotatable bonds is 9. The van der Waals surface area contributed by atoms with Gasteiger partial charge in [-0.2, -0.15) is 0 Å². The van der Waals surface area contributed by atoms with Gasteiger partial charge >= 0.3 is 11.9 Å². The van der Waals surface area contributed by atoms with E-state index in [4.69, 9.17) is 14.2 Å². The molecule has 0 aliphatic heterocycles. The summed E-state index contributed by atoms with van der Waals surface area (Å²) in [6.07, 6.45) is 6.25. The molecule has 3 saturated carbocycles. The van der Waals surface area contributed by atoms with Gasteiger partial charge in [-0.15, -0.1) is 0 Å². The van der Waals surface area contributed by atoms with Gasteiger partial charge in [-0.3, -0.25) is 19.2 Å². The van der Waals surface area contributed by atoms with E-state index in [-0.39, 0.29) is 36.7 Å². The highest BCUT2D eigenvalue weighted by Crippen LogP contribution is 2.74. The van der Waals surface area contributed by atoms with Crippen molar-refractivity contribution in [2.45, 2.75) is 111 Å². The molecule has 2 N–H and O–H groups in total.